The van der Waals surface area contributed by atoms with Gasteiger partial charge in [-0.3, -0.25) is 25.0 Å². The fraction of sp³-hybridized carbons (Fsp3) is 0.200. The van der Waals surface area contributed by atoms with E-state index in [1.54, 1.807) is 0 Å². The lowest BCUT2D eigenvalue weighted by molar-refractivity contribution is -0.126. The van der Waals surface area contributed by atoms with Crippen molar-refractivity contribution in [2.24, 2.45) is 0 Å². The Morgan fingerprint density at radius 3 is 2.43 bits per heavy atom. The molecule has 8 heteroatoms. The van der Waals surface area contributed by atoms with Crippen molar-refractivity contribution in [2.45, 2.75) is 25.9 Å². The highest BCUT2D eigenvalue weighted by molar-refractivity contribution is 7.99. The van der Waals surface area contributed by atoms with Crippen LogP contribution in [0.3, 0.4) is 0 Å². The molecule has 3 aromatic rings. The third kappa shape index (κ3) is 4.58. The van der Waals surface area contributed by atoms with Crippen molar-refractivity contribution in [3.8, 4) is 17.1 Å². The summed E-state index contributed by atoms with van der Waals surface area (Å²) in [5, 5.41) is 9.25. The summed E-state index contributed by atoms with van der Waals surface area (Å²) in [6.45, 7) is 5.44. The Labute approximate surface area is 167 Å². The molecule has 0 radical (unpaired) electrons. The second-order valence-corrected chi connectivity index (χ2v) is 7.24. The van der Waals surface area contributed by atoms with Gasteiger partial charge in [0.1, 0.15) is 0 Å². The first-order valence-corrected chi connectivity index (χ1v) is 9.71. The van der Waals surface area contributed by atoms with Gasteiger partial charge in [-0.25, -0.2) is 0 Å². The SMILES string of the molecule is CC(=O)NNC(=O)CSc1nnc(-c2ccccc2)n1-c1ccc(C)c(C)c1. The standard InChI is InChI=1S/C20H21N5O2S/c1-13-9-10-17(11-14(13)2)25-19(16-7-5-4-6-8-16)23-24-20(25)28-12-18(27)22-21-15(3)26/h4-11H,12H2,1-3H3,(H,21,26)(H,22,27). The van der Waals surface area contributed by atoms with Gasteiger partial charge in [0.25, 0.3) is 0 Å². The Morgan fingerprint density at radius 1 is 1.00 bits per heavy atom. The van der Waals surface area contributed by atoms with Gasteiger partial charge >= 0.3 is 0 Å². The number of benzene rings is 2. The molecule has 7 nitrogen and oxygen atoms in total. The lowest BCUT2D eigenvalue weighted by Gasteiger charge is -2.12. The molecule has 2 aromatic carbocycles. The number of aryl methyl sites for hydroxylation is 2. The van der Waals surface area contributed by atoms with Crippen LogP contribution in [0.1, 0.15) is 18.1 Å². The first-order valence-electron chi connectivity index (χ1n) is 8.72. The number of aromatic nitrogens is 3. The summed E-state index contributed by atoms with van der Waals surface area (Å²) in [5.74, 6) is 0.144. The summed E-state index contributed by atoms with van der Waals surface area (Å²) in [6, 6.07) is 15.9. The van der Waals surface area contributed by atoms with Crippen LogP contribution in [0, 0.1) is 13.8 Å². The monoisotopic (exact) mass is 395 g/mol. The van der Waals surface area contributed by atoms with Gasteiger partial charge in [0.15, 0.2) is 11.0 Å². The fourth-order valence-corrected chi connectivity index (χ4v) is 3.31. The molecular weight excluding hydrogens is 374 g/mol. The third-order valence-corrected chi connectivity index (χ3v) is 5.05. The number of hydrogen-bond donors (Lipinski definition) is 2. The Hall–Kier alpha value is -3.13. The van der Waals surface area contributed by atoms with Crippen molar-refractivity contribution in [2.75, 3.05) is 5.75 Å². The Bertz CT molecular complexity index is 1000. The molecule has 0 unspecified atom stereocenters. The quantitative estimate of drug-likeness (QED) is 0.512. The number of amides is 2. The van der Waals surface area contributed by atoms with Crippen molar-refractivity contribution in [3.63, 3.8) is 0 Å². The lowest BCUT2D eigenvalue weighted by Crippen LogP contribution is -2.41. The van der Waals surface area contributed by atoms with Crippen molar-refractivity contribution in [1.29, 1.82) is 0 Å². The van der Waals surface area contributed by atoms with Gasteiger partial charge in [-0.15, -0.1) is 10.2 Å². The molecule has 3 rings (SSSR count). The summed E-state index contributed by atoms with van der Waals surface area (Å²) < 4.78 is 1.94. The highest BCUT2D eigenvalue weighted by Gasteiger charge is 2.17. The number of rotatable bonds is 5. The maximum atomic E-state index is 11.9. The number of hydrazine groups is 1. The lowest BCUT2D eigenvalue weighted by atomic mass is 10.1. The van der Waals surface area contributed by atoms with Gasteiger partial charge in [-0.2, -0.15) is 0 Å². The molecule has 2 amide bonds. The maximum absolute atomic E-state index is 11.9. The first-order chi connectivity index (χ1) is 13.5. The van der Waals surface area contributed by atoms with Gasteiger partial charge in [0.05, 0.1) is 11.4 Å². The summed E-state index contributed by atoms with van der Waals surface area (Å²) in [6.07, 6.45) is 0. The smallest absolute Gasteiger partial charge is 0.248 e. The Kier molecular flexibility index (Phi) is 6.10. The molecule has 0 aliphatic carbocycles. The van der Waals surface area contributed by atoms with E-state index in [2.05, 4.69) is 47.0 Å². The fourth-order valence-electron chi connectivity index (χ4n) is 2.56. The van der Waals surface area contributed by atoms with E-state index >= 15 is 0 Å². The number of thioether (sulfide) groups is 1. The molecule has 0 spiro atoms. The van der Waals surface area contributed by atoms with Crippen molar-refractivity contribution < 1.29 is 9.59 Å². The molecule has 0 aliphatic heterocycles. The molecule has 0 atom stereocenters. The van der Waals surface area contributed by atoms with Crippen LogP contribution in [0.2, 0.25) is 0 Å². The van der Waals surface area contributed by atoms with Crippen LogP contribution in [0.5, 0.6) is 0 Å². The summed E-state index contributed by atoms with van der Waals surface area (Å²) in [5.41, 5.74) is 8.84. The van der Waals surface area contributed by atoms with Crippen LogP contribution in [0.4, 0.5) is 0 Å². The highest BCUT2D eigenvalue weighted by atomic mass is 32.2. The predicted octanol–water partition coefficient (Wildman–Crippen LogP) is 2.81. The van der Waals surface area contributed by atoms with Crippen LogP contribution in [-0.4, -0.2) is 32.3 Å². The van der Waals surface area contributed by atoms with Crippen molar-refractivity contribution in [1.82, 2.24) is 25.6 Å². The third-order valence-electron chi connectivity index (χ3n) is 4.12. The van der Waals surface area contributed by atoms with Crippen LogP contribution in [0.15, 0.2) is 53.7 Å². The van der Waals surface area contributed by atoms with E-state index in [4.69, 9.17) is 0 Å². The second-order valence-electron chi connectivity index (χ2n) is 6.29. The number of carbonyl (C=O) groups excluding carboxylic acids is 2. The van der Waals surface area contributed by atoms with Crippen LogP contribution in [-0.2, 0) is 9.59 Å². The van der Waals surface area contributed by atoms with Crippen LogP contribution < -0.4 is 10.9 Å². The van der Waals surface area contributed by atoms with E-state index in [0.717, 1.165) is 16.8 Å². The number of hydrogen-bond acceptors (Lipinski definition) is 5. The normalized spacial score (nSPS) is 10.5. The minimum atomic E-state index is -0.331. The predicted molar refractivity (Wildman–Crippen MR) is 109 cm³/mol. The average molecular weight is 395 g/mol. The van der Waals surface area contributed by atoms with Gasteiger partial charge < -0.3 is 0 Å². The van der Waals surface area contributed by atoms with E-state index in [0.29, 0.717) is 11.0 Å². The van der Waals surface area contributed by atoms with Gasteiger partial charge in [-0.05, 0) is 37.1 Å². The van der Waals surface area contributed by atoms with Crippen LogP contribution >= 0.6 is 11.8 Å². The highest BCUT2D eigenvalue weighted by Crippen LogP contribution is 2.28. The van der Waals surface area contributed by atoms with E-state index < -0.39 is 0 Å². The van der Waals surface area contributed by atoms with E-state index in [9.17, 15) is 9.59 Å². The summed E-state index contributed by atoms with van der Waals surface area (Å²) in [4.78, 5) is 22.9. The summed E-state index contributed by atoms with van der Waals surface area (Å²) in [7, 11) is 0. The van der Waals surface area contributed by atoms with E-state index in [1.165, 1.54) is 24.2 Å². The molecule has 1 aromatic heterocycles. The molecule has 0 saturated carbocycles. The minimum Gasteiger partial charge on any atom is -0.274 e. The first kappa shape index (κ1) is 19.6. The van der Waals surface area contributed by atoms with Crippen molar-refractivity contribution >= 4 is 23.6 Å². The number of carbonyl (C=O) groups is 2. The van der Waals surface area contributed by atoms with Gasteiger partial charge in [-0.1, -0.05) is 48.2 Å². The molecule has 0 saturated heterocycles. The molecule has 28 heavy (non-hydrogen) atoms. The number of nitrogens with zero attached hydrogens (tertiary/aromatic N) is 3. The number of nitrogens with one attached hydrogen (secondary N) is 2. The molecular formula is C20H21N5O2S. The van der Waals surface area contributed by atoms with E-state index in [-0.39, 0.29) is 17.6 Å². The van der Waals surface area contributed by atoms with Gasteiger partial charge in [0, 0.05) is 12.5 Å². The zero-order valence-electron chi connectivity index (χ0n) is 15.9. The Morgan fingerprint density at radius 2 is 1.75 bits per heavy atom. The minimum absolute atomic E-state index is 0.0953. The Balaban J connectivity index is 1.94. The summed E-state index contributed by atoms with van der Waals surface area (Å²) >= 11 is 1.25. The molecule has 0 aliphatic rings. The van der Waals surface area contributed by atoms with Crippen molar-refractivity contribution in [3.05, 3.63) is 59.7 Å². The van der Waals surface area contributed by atoms with Gasteiger partial charge in [0.2, 0.25) is 11.8 Å². The molecule has 1 heterocycles. The zero-order valence-corrected chi connectivity index (χ0v) is 16.7. The molecule has 2 N–H and O–H groups in total. The topological polar surface area (TPSA) is 88.9 Å². The van der Waals surface area contributed by atoms with Crippen LogP contribution in [0.25, 0.3) is 17.1 Å². The molecule has 0 bridgehead atoms. The molecule has 144 valence electrons. The molecule has 0 fully saturated rings. The average Bonchev–Trinajstić information content (AvgIpc) is 3.11. The maximum Gasteiger partial charge on any atom is 0.248 e. The zero-order chi connectivity index (χ0) is 20.1. The van der Waals surface area contributed by atoms with E-state index in [1.807, 2.05) is 41.0 Å². The largest absolute Gasteiger partial charge is 0.274 e. The second kappa shape index (κ2) is 8.71.